The van der Waals surface area contributed by atoms with Crippen LogP contribution in [0.25, 0.3) is 0 Å². The molecule has 1 aliphatic rings. The van der Waals surface area contributed by atoms with Gasteiger partial charge in [0.1, 0.15) is 12.1 Å². The highest BCUT2D eigenvalue weighted by Crippen LogP contribution is 2.25. The van der Waals surface area contributed by atoms with Gasteiger partial charge in [-0.15, -0.1) is 34.2 Å². The van der Waals surface area contributed by atoms with Gasteiger partial charge in [0, 0.05) is 26.6 Å². The van der Waals surface area contributed by atoms with Crippen molar-refractivity contribution in [2.75, 3.05) is 20.2 Å². The maximum absolute atomic E-state index is 5.54. The molecule has 2 N–H and O–H groups in total. The monoisotopic (exact) mass is 456 g/mol. The Kier molecular flexibility index (Phi) is 7.48. The summed E-state index contributed by atoms with van der Waals surface area (Å²) >= 11 is 0. The van der Waals surface area contributed by atoms with Crippen molar-refractivity contribution in [3.05, 3.63) is 41.5 Å². The Hall–Kier alpha value is -1.84. The van der Waals surface area contributed by atoms with Gasteiger partial charge >= 0.3 is 0 Å². The zero-order valence-electron chi connectivity index (χ0n) is 14.7. The van der Waals surface area contributed by atoms with Crippen LogP contribution in [-0.4, -0.2) is 40.9 Å². The molecule has 0 aliphatic carbocycles. The SMILES string of the molecule is CCn1cnnc1CNC(=NC)NCCc1ccc2c(c1)CCO2.I. The Morgan fingerprint density at radius 3 is 3.04 bits per heavy atom. The molecule has 1 aliphatic heterocycles. The van der Waals surface area contributed by atoms with E-state index >= 15 is 0 Å². The van der Waals surface area contributed by atoms with Crippen molar-refractivity contribution >= 4 is 29.9 Å². The first-order valence-corrected chi connectivity index (χ1v) is 8.36. The number of aromatic nitrogens is 3. The third-order valence-corrected chi connectivity index (χ3v) is 4.13. The third-order valence-electron chi connectivity index (χ3n) is 4.13. The number of halogens is 1. The molecule has 3 rings (SSSR count). The summed E-state index contributed by atoms with van der Waals surface area (Å²) in [4.78, 5) is 4.25. The van der Waals surface area contributed by atoms with E-state index in [1.54, 1.807) is 13.4 Å². The van der Waals surface area contributed by atoms with Crippen molar-refractivity contribution in [2.45, 2.75) is 32.9 Å². The number of ether oxygens (including phenoxy) is 1. The van der Waals surface area contributed by atoms with Crippen molar-refractivity contribution in [3.63, 3.8) is 0 Å². The second-order valence-corrected chi connectivity index (χ2v) is 5.68. The summed E-state index contributed by atoms with van der Waals surface area (Å²) in [5.41, 5.74) is 2.63. The van der Waals surface area contributed by atoms with Crippen LogP contribution in [0.4, 0.5) is 0 Å². The van der Waals surface area contributed by atoms with Crippen molar-refractivity contribution < 1.29 is 4.74 Å². The minimum atomic E-state index is 0. The van der Waals surface area contributed by atoms with Crippen LogP contribution in [0.2, 0.25) is 0 Å². The van der Waals surface area contributed by atoms with Crippen LogP contribution in [-0.2, 0) is 25.9 Å². The molecule has 136 valence electrons. The van der Waals surface area contributed by atoms with Crippen LogP contribution in [0.15, 0.2) is 29.5 Å². The Morgan fingerprint density at radius 1 is 1.36 bits per heavy atom. The maximum atomic E-state index is 5.54. The van der Waals surface area contributed by atoms with Gasteiger partial charge < -0.3 is 19.9 Å². The summed E-state index contributed by atoms with van der Waals surface area (Å²) in [6.45, 7) is 5.15. The lowest BCUT2D eigenvalue weighted by Crippen LogP contribution is -2.38. The van der Waals surface area contributed by atoms with Gasteiger partial charge in [0.2, 0.25) is 0 Å². The summed E-state index contributed by atoms with van der Waals surface area (Å²) in [7, 11) is 1.77. The molecule has 0 atom stereocenters. The zero-order valence-corrected chi connectivity index (χ0v) is 17.0. The highest BCUT2D eigenvalue weighted by molar-refractivity contribution is 14.0. The second kappa shape index (κ2) is 9.59. The molecular weight excluding hydrogens is 431 g/mol. The molecule has 0 bridgehead atoms. The van der Waals surface area contributed by atoms with Gasteiger partial charge in [0.05, 0.1) is 13.2 Å². The molecule has 7 nitrogen and oxygen atoms in total. The Bertz CT molecular complexity index is 715. The Labute approximate surface area is 165 Å². The van der Waals surface area contributed by atoms with E-state index in [9.17, 15) is 0 Å². The van der Waals surface area contributed by atoms with E-state index in [-0.39, 0.29) is 24.0 Å². The van der Waals surface area contributed by atoms with Crippen molar-refractivity contribution in [1.29, 1.82) is 0 Å². The van der Waals surface area contributed by atoms with Crippen molar-refractivity contribution in [2.24, 2.45) is 4.99 Å². The van der Waals surface area contributed by atoms with Crippen molar-refractivity contribution in [3.8, 4) is 5.75 Å². The van der Waals surface area contributed by atoms with Crippen LogP contribution in [0.3, 0.4) is 0 Å². The molecule has 0 saturated heterocycles. The molecule has 0 fully saturated rings. The quantitative estimate of drug-likeness (QED) is 0.394. The lowest BCUT2D eigenvalue weighted by atomic mass is 10.1. The van der Waals surface area contributed by atoms with E-state index in [2.05, 4.69) is 50.9 Å². The summed E-state index contributed by atoms with van der Waals surface area (Å²) in [5, 5.41) is 14.6. The van der Waals surface area contributed by atoms with Gasteiger partial charge in [-0.3, -0.25) is 4.99 Å². The molecular formula is C17H25IN6O. The van der Waals surface area contributed by atoms with E-state index in [0.29, 0.717) is 6.54 Å². The zero-order chi connectivity index (χ0) is 16.8. The smallest absolute Gasteiger partial charge is 0.191 e. The molecule has 1 aromatic heterocycles. The van der Waals surface area contributed by atoms with E-state index < -0.39 is 0 Å². The highest BCUT2D eigenvalue weighted by atomic mass is 127. The first kappa shape index (κ1) is 19.5. The molecule has 0 saturated carbocycles. The molecule has 0 amide bonds. The number of nitrogens with one attached hydrogen (secondary N) is 2. The predicted molar refractivity (Wildman–Crippen MR) is 109 cm³/mol. The van der Waals surface area contributed by atoms with Crippen LogP contribution in [0.5, 0.6) is 5.75 Å². The standard InChI is InChI=1S/C17H24N6O.HI/c1-3-23-12-21-22-16(23)11-20-17(18-2)19-8-6-13-4-5-15-14(10-13)7-9-24-15;/h4-5,10,12H,3,6-9,11H2,1-2H3,(H2,18,19,20);1H. The van der Waals surface area contributed by atoms with Crippen LogP contribution < -0.4 is 15.4 Å². The normalized spacial score (nSPS) is 13.0. The number of nitrogens with zero attached hydrogens (tertiary/aromatic N) is 4. The molecule has 0 radical (unpaired) electrons. The molecule has 0 unspecified atom stereocenters. The number of aryl methyl sites for hydroxylation is 1. The first-order valence-electron chi connectivity index (χ1n) is 8.36. The molecule has 0 spiro atoms. The summed E-state index contributed by atoms with van der Waals surface area (Å²) in [6.07, 6.45) is 3.70. The first-order chi connectivity index (χ1) is 11.8. The number of aliphatic imine (C=N–C) groups is 1. The Balaban J connectivity index is 0.00000225. The summed E-state index contributed by atoms with van der Waals surface area (Å²) < 4.78 is 7.55. The van der Waals surface area contributed by atoms with E-state index in [0.717, 1.165) is 50.1 Å². The molecule has 2 heterocycles. The van der Waals surface area contributed by atoms with E-state index in [4.69, 9.17) is 4.74 Å². The fourth-order valence-corrected chi connectivity index (χ4v) is 2.78. The minimum Gasteiger partial charge on any atom is -0.493 e. The number of benzene rings is 1. The lowest BCUT2D eigenvalue weighted by Gasteiger charge is -2.12. The number of hydrogen-bond donors (Lipinski definition) is 2. The fourth-order valence-electron chi connectivity index (χ4n) is 2.78. The fraction of sp³-hybridized carbons (Fsp3) is 0.471. The summed E-state index contributed by atoms with van der Waals surface area (Å²) in [5.74, 6) is 2.70. The third kappa shape index (κ3) is 5.07. The largest absolute Gasteiger partial charge is 0.493 e. The lowest BCUT2D eigenvalue weighted by molar-refractivity contribution is 0.357. The maximum Gasteiger partial charge on any atom is 0.191 e. The number of rotatable bonds is 6. The van der Waals surface area contributed by atoms with Gasteiger partial charge in [0.25, 0.3) is 0 Å². The number of guanidine groups is 1. The minimum absolute atomic E-state index is 0. The predicted octanol–water partition coefficient (Wildman–Crippen LogP) is 1.76. The van der Waals surface area contributed by atoms with Crippen molar-refractivity contribution in [1.82, 2.24) is 25.4 Å². The molecule has 2 aromatic rings. The van der Waals surface area contributed by atoms with Crippen LogP contribution in [0, 0.1) is 0 Å². The Morgan fingerprint density at radius 2 is 2.24 bits per heavy atom. The summed E-state index contributed by atoms with van der Waals surface area (Å²) in [6, 6.07) is 6.44. The average Bonchev–Trinajstić information content (AvgIpc) is 3.25. The van der Waals surface area contributed by atoms with Gasteiger partial charge in [-0.1, -0.05) is 12.1 Å². The van der Waals surface area contributed by atoms with Gasteiger partial charge in [-0.05, 0) is 30.5 Å². The molecule has 1 aromatic carbocycles. The van der Waals surface area contributed by atoms with Gasteiger partial charge in [-0.2, -0.15) is 0 Å². The van der Waals surface area contributed by atoms with Gasteiger partial charge in [0.15, 0.2) is 11.8 Å². The molecule has 25 heavy (non-hydrogen) atoms. The highest BCUT2D eigenvalue weighted by Gasteiger charge is 2.11. The van der Waals surface area contributed by atoms with Crippen LogP contribution in [0.1, 0.15) is 23.9 Å². The van der Waals surface area contributed by atoms with Gasteiger partial charge in [-0.25, -0.2) is 0 Å². The van der Waals surface area contributed by atoms with E-state index in [1.807, 2.05) is 4.57 Å². The van der Waals surface area contributed by atoms with Crippen LogP contribution >= 0.6 is 24.0 Å². The van der Waals surface area contributed by atoms with E-state index in [1.165, 1.54) is 11.1 Å². The average molecular weight is 456 g/mol. The number of fused-ring (bicyclic) bond motifs is 1. The number of hydrogen-bond acceptors (Lipinski definition) is 4. The second-order valence-electron chi connectivity index (χ2n) is 5.68. The molecule has 8 heteroatoms. The topological polar surface area (TPSA) is 76.4 Å².